The lowest BCUT2D eigenvalue weighted by Gasteiger charge is -2.14. The normalized spacial score (nSPS) is 10.7. The predicted molar refractivity (Wildman–Crippen MR) is 82.9 cm³/mol. The van der Waals surface area contributed by atoms with Crippen LogP contribution in [0.2, 0.25) is 0 Å². The first-order valence-electron chi connectivity index (χ1n) is 6.52. The largest absolute Gasteiger partial charge is 0.493 e. The zero-order valence-electron chi connectivity index (χ0n) is 12.7. The zero-order valence-corrected chi connectivity index (χ0v) is 13.5. The van der Waals surface area contributed by atoms with E-state index in [0.29, 0.717) is 6.54 Å². The van der Waals surface area contributed by atoms with E-state index in [-0.39, 0.29) is 0 Å². The first-order chi connectivity index (χ1) is 10.2. The summed E-state index contributed by atoms with van der Waals surface area (Å²) in [5.74, 6) is 2.39. The summed E-state index contributed by atoms with van der Waals surface area (Å²) in [5, 5.41) is 11.3. The molecule has 0 saturated heterocycles. The molecule has 1 N–H and O–H groups in total. The van der Waals surface area contributed by atoms with E-state index in [1.807, 2.05) is 30.0 Å². The van der Waals surface area contributed by atoms with Gasteiger partial charge in [-0.25, -0.2) is 0 Å². The highest BCUT2D eigenvalue weighted by Gasteiger charge is 2.11. The van der Waals surface area contributed by atoms with Crippen molar-refractivity contribution in [1.82, 2.24) is 20.1 Å². The van der Waals surface area contributed by atoms with Gasteiger partial charge in [-0.1, -0.05) is 0 Å². The number of thioether (sulfide) groups is 1. The molecule has 2 rings (SSSR count). The molecule has 0 radical (unpaired) electrons. The number of benzene rings is 1. The third-order valence-corrected chi connectivity index (χ3v) is 4.01. The fourth-order valence-corrected chi connectivity index (χ4v) is 2.62. The Labute approximate surface area is 128 Å². The van der Waals surface area contributed by atoms with Crippen LogP contribution in [0, 0.1) is 0 Å². The quantitative estimate of drug-likeness (QED) is 0.788. The molecule has 0 fully saturated rings. The molecule has 0 aliphatic rings. The lowest BCUT2D eigenvalue weighted by Crippen LogP contribution is -2.16. The number of nitrogens with one attached hydrogen (secondary N) is 1. The average Bonchev–Trinajstić information content (AvgIpc) is 2.92. The molecule has 1 aromatic heterocycles. The van der Waals surface area contributed by atoms with Crippen LogP contribution in [-0.4, -0.2) is 35.2 Å². The smallest absolute Gasteiger partial charge is 0.161 e. The van der Waals surface area contributed by atoms with E-state index in [0.717, 1.165) is 28.8 Å². The van der Waals surface area contributed by atoms with Crippen LogP contribution in [-0.2, 0) is 20.1 Å². The second-order valence-electron chi connectivity index (χ2n) is 4.48. The van der Waals surface area contributed by atoms with Gasteiger partial charge in [0.2, 0.25) is 0 Å². The second kappa shape index (κ2) is 7.33. The standard InChI is InChI=1S/C14H20N4O2S/c1-18-9-16-17-14(18)8-15-7-10-5-11(19-2)12(20-3)6-13(10)21-4/h5-6,9,15H,7-8H2,1-4H3. The number of hydrogen-bond acceptors (Lipinski definition) is 6. The van der Waals surface area contributed by atoms with Crippen LogP contribution in [0.3, 0.4) is 0 Å². The molecule has 1 aromatic carbocycles. The Kier molecular flexibility index (Phi) is 5.46. The maximum Gasteiger partial charge on any atom is 0.161 e. The molecular formula is C14H20N4O2S. The summed E-state index contributed by atoms with van der Waals surface area (Å²) >= 11 is 1.69. The SMILES string of the molecule is COc1cc(CNCc2nncn2C)c(SC)cc1OC. The number of ether oxygens (including phenoxy) is 2. The summed E-state index contributed by atoms with van der Waals surface area (Å²) < 4.78 is 12.6. The molecule has 0 saturated carbocycles. The van der Waals surface area contributed by atoms with E-state index >= 15 is 0 Å². The van der Waals surface area contributed by atoms with E-state index in [9.17, 15) is 0 Å². The Bertz CT molecular complexity index is 601. The van der Waals surface area contributed by atoms with Gasteiger partial charge in [0.25, 0.3) is 0 Å². The Morgan fingerprint density at radius 3 is 2.48 bits per heavy atom. The van der Waals surface area contributed by atoms with Gasteiger partial charge in [-0.05, 0) is 24.0 Å². The number of nitrogens with zero attached hydrogens (tertiary/aromatic N) is 3. The van der Waals surface area contributed by atoms with Gasteiger partial charge in [-0.3, -0.25) is 0 Å². The molecule has 114 valence electrons. The van der Waals surface area contributed by atoms with Gasteiger partial charge in [-0.2, -0.15) is 0 Å². The number of rotatable bonds is 7. The van der Waals surface area contributed by atoms with Gasteiger partial charge >= 0.3 is 0 Å². The van der Waals surface area contributed by atoms with Gasteiger partial charge in [0.15, 0.2) is 11.5 Å². The summed E-state index contributed by atoms with van der Waals surface area (Å²) in [4.78, 5) is 1.16. The molecule has 21 heavy (non-hydrogen) atoms. The van der Waals surface area contributed by atoms with Gasteiger partial charge in [0.1, 0.15) is 12.2 Å². The summed E-state index contributed by atoms with van der Waals surface area (Å²) in [6, 6.07) is 4.01. The lowest BCUT2D eigenvalue weighted by molar-refractivity contribution is 0.353. The monoisotopic (exact) mass is 308 g/mol. The molecular weight excluding hydrogens is 288 g/mol. The van der Waals surface area contributed by atoms with Gasteiger partial charge in [0, 0.05) is 18.5 Å². The lowest BCUT2D eigenvalue weighted by atomic mass is 10.2. The van der Waals surface area contributed by atoms with Crippen molar-refractivity contribution in [3.8, 4) is 11.5 Å². The Morgan fingerprint density at radius 2 is 1.90 bits per heavy atom. The first-order valence-corrected chi connectivity index (χ1v) is 7.74. The van der Waals surface area contributed by atoms with E-state index in [2.05, 4.69) is 15.5 Å². The highest BCUT2D eigenvalue weighted by Crippen LogP contribution is 2.34. The van der Waals surface area contributed by atoms with Gasteiger partial charge in [-0.15, -0.1) is 22.0 Å². The second-order valence-corrected chi connectivity index (χ2v) is 5.33. The van der Waals surface area contributed by atoms with Crippen LogP contribution in [0.25, 0.3) is 0 Å². The highest BCUT2D eigenvalue weighted by atomic mass is 32.2. The Balaban J connectivity index is 2.09. The molecule has 6 nitrogen and oxygen atoms in total. The van der Waals surface area contributed by atoms with Crippen molar-refractivity contribution in [2.75, 3.05) is 20.5 Å². The third-order valence-electron chi connectivity index (χ3n) is 3.19. The molecule has 7 heteroatoms. The Morgan fingerprint density at radius 1 is 1.19 bits per heavy atom. The summed E-state index contributed by atoms with van der Waals surface area (Å²) in [7, 11) is 5.22. The number of aryl methyl sites for hydroxylation is 1. The van der Waals surface area contributed by atoms with Crippen molar-refractivity contribution in [3.63, 3.8) is 0 Å². The molecule has 0 unspecified atom stereocenters. The van der Waals surface area contributed by atoms with Crippen LogP contribution < -0.4 is 14.8 Å². The molecule has 1 heterocycles. The van der Waals surface area contributed by atoms with Crippen molar-refractivity contribution < 1.29 is 9.47 Å². The molecule has 0 aliphatic carbocycles. The van der Waals surface area contributed by atoms with Crippen LogP contribution in [0.1, 0.15) is 11.4 Å². The predicted octanol–water partition coefficient (Wildman–Crippen LogP) is 1.84. The third kappa shape index (κ3) is 3.68. The topological polar surface area (TPSA) is 61.2 Å². The first kappa shape index (κ1) is 15.7. The fraction of sp³-hybridized carbons (Fsp3) is 0.429. The maximum absolute atomic E-state index is 5.36. The molecule has 0 atom stereocenters. The van der Waals surface area contributed by atoms with Crippen LogP contribution in [0.5, 0.6) is 11.5 Å². The Hall–Kier alpha value is -1.73. The van der Waals surface area contributed by atoms with Crippen molar-refractivity contribution in [1.29, 1.82) is 0 Å². The van der Waals surface area contributed by atoms with Crippen molar-refractivity contribution in [2.45, 2.75) is 18.0 Å². The van der Waals surface area contributed by atoms with Crippen molar-refractivity contribution >= 4 is 11.8 Å². The number of aromatic nitrogens is 3. The molecule has 0 spiro atoms. The van der Waals surface area contributed by atoms with Crippen molar-refractivity contribution in [3.05, 3.63) is 29.8 Å². The molecule has 0 aliphatic heterocycles. The average molecular weight is 308 g/mol. The highest BCUT2D eigenvalue weighted by molar-refractivity contribution is 7.98. The van der Waals surface area contributed by atoms with Crippen LogP contribution in [0.15, 0.2) is 23.4 Å². The zero-order chi connectivity index (χ0) is 15.2. The minimum absolute atomic E-state index is 0.665. The minimum Gasteiger partial charge on any atom is -0.493 e. The van der Waals surface area contributed by atoms with Gasteiger partial charge in [0.05, 0.1) is 20.8 Å². The van der Waals surface area contributed by atoms with E-state index in [1.54, 1.807) is 32.3 Å². The summed E-state index contributed by atoms with van der Waals surface area (Å²) in [6.45, 7) is 1.39. The van der Waals surface area contributed by atoms with E-state index in [4.69, 9.17) is 9.47 Å². The van der Waals surface area contributed by atoms with Crippen molar-refractivity contribution in [2.24, 2.45) is 7.05 Å². The fourth-order valence-electron chi connectivity index (χ4n) is 2.01. The maximum atomic E-state index is 5.36. The molecule has 0 amide bonds. The number of hydrogen-bond donors (Lipinski definition) is 1. The molecule has 2 aromatic rings. The minimum atomic E-state index is 0.665. The van der Waals surface area contributed by atoms with Crippen LogP contribution in [0.4, 0.5) is 0 Å². The van der Waals surface area contributed by atoms with E-state index < -0.39 is 0 Å². The summed E-state index contributed by atoms with van der Waals surface area (Å²) in [6.07, 6.45) is 3.74. The van der Waals surface area contributed by atoms with Gasteiger partial charge < -0.3 is 19.4 Å². The van der Waals surface area contributed by atoms with Crippen LogP contribution >= 0.6 is 11.8 Å². The summed E-state index contributed by atoms with van der Waals surface area (Å²) in [5.41, 5.74) is 1.17. The molecule has 0 bridgehead atoms. The van der Waals surface area contributed by atoms with E-state index in [1.165, 1.54) is 5.56 Å². The number of methoxy groups -OCH3 is 2.